The molecular weight excluding hydrogens is 444 g/mol. The van der Waals surface area contributed by atoms with Crippen LogP contribution in [0.15, 0.2) is 72.6 Å². The fourth-order valence-corrected chi connectivity index (χ4v) is 4.29. The second kappa shape index (κ2) is 10.4. The number of rotatable bonds is 8. The molecule has 0 radical (unpaired) electrons. The number of hydrogen-bond acceptors (Lipinski definition) is 6. The number of ketones is 1. The second-order valence-corrected chi connectivity index (χ2v) is 8.23. The van der Waals surface area contributed by atoms with E-state index in [0.717, 1.165) is 16.7 Å². The maximum absolute atomic E-state index is 13.3. The zero-order chi connectivity index (χ0) is 24.9. The van der Waals surface area contributed by atoms with Crippen molar-refractivity contribution in [2.24, 2.45) is 0 Å². The van der Waals surface area contributed by atoms with Crippen LogP contribution in [0.3, 0.4) is 0 Å². The van der Waals surface area contributed by atoms with E-state index in [1.807, 2.05) is 51.1 Å². The lowest BCUT2D eigenvalue weighted by Crippen LogP contribution is -2.29. The zero-order valence-electron chi connectivity index (χ0n) is 20.0. The highest BCUT2D eigenvalue weighted by molar-refractivity contribution is 6.46. The number of hydrogen-bond donors (Lipinski definition) is 1. The summed E-state index contributed by atoms with van der Waals surface area (Å²) < 4.78 is 11.3. The van der Waals surface area contributed by atoms with E-state index in [-0.39, 0.29) is 17.9 Å². The molecule has 4 rings (SSSR count). The van der Waals surface area contributed by atoms with Gasteiger partial charge in [0.1, 0.15) is 17.3 Å². The van der Waals surface area contributed by atoms with Crippen molar-refractivity contribution in [2.45, 2.75) is 33.4 Å². The first kappa shape index (κ1) is 24.0. The van der Waals surface area contributed by atoms with Crippen molar-refractivity contribution in [1.82, 2.24) is 9.88 Å². The lowest BCUT2D eigenvalue weighted by atomic mass is 9.94. The van der Waals surface area contributed by atoms with Gasteiger partial charge in [0.15, 0.2) is 0 Å². The molecule has 1 saturated heterocycles. The zero-order valence-corrected chi connectivity index (χ0v) is 20.0. The fourth-order valence-electron chi connectivity index (χ4n) is 4.29. The average molecular weight is 473 g/mol. The van der Waals surface area contributed by atoms with E-state index in [4.69, 9.17) is 9.47 Å². The number of aliphatic hydroxyl groups is 1. The Bertz CT molecular complexity index is 1270. The van der Waals surface area contributed by atoms with Gasteiger partial charge in [-0.15, -0.1) is 0 Å². The Labute approximate surface area is 204 Å². The molecule has 1 unspecified atom stereocenters. The van der Waals surface area contributed by atoms with Crippen LogP contribution in [-0.2, 0) is 16.1 Å². The van der Waals surface area contributed by atoms with Crippen molar-refractivity contribution < 1.29 is 24.2 Å². The Morgan fingerprint density at radius 2 is 1.83 bits per heavy atom. The molecule has 1 aromatic heterocycles. The second-order valence-electron chi connectivity index (χ2n) is 8.23. The first-order valence-electron chi connectivity index (χ1n) is 11.6. The Balaban J connectivity index is 1.88. The Morgan fingerprint density at radius 3 is 2.51 bits per heavy atom. The number of pyridine rings is 1. The van der Waals surface area contributed by atoms with Gasteiger partial charge in [0.05, 0.1) is 30.4 Å². The largest absolute Gasteiger partial charge is 0.507 e. The number of carbonyl (C=O) groups is 2. The summed E-state index contributed by atoms with van der Waals surface area (Å²) >= 11 is 0. The van der Waals surface area contributed by atoms with Crippen molar-refractivity contribution in [3.63, 3.8) is 0 Å². The molecular formula is C28H28N2O5. The minimum absolute atomic E-state index is 0.0228. The van der Waals surface area contributed by atoms with Crippen molar-refractivity contribution in [2.75, 3.05) is 13.2 Å². The van der Waals surface area contributed by atoms with Gasteiger partial charge in [-0.2, -0.15) is 0 Å². The first-order valence-corrected chi connectivity index (χ1v) is 11.6. The summed E-state index contributed by atoms with van der Waals surface area (Å²) in [6.07, 6.45) is 3.31. The van der Waals surface area contributed by atoms with E-state index in [1.165, 1.54) is 4.90 Å². The number of ether oxygens (including phenoxy) is 2. The summed E-state index contributed by atoms with van der Waals surface area (Å²) in [7, 11) is 0. The highest BCUT2D eigenvalue weighted by Crippen LogP contribution is 2.42. The van der Waals surface area contributed by atoms with E-state index in [0.29, 0.717) is 30.3 Å². The topological polar surface area (TPSA) is 89.0 Å². The number of likely N-dealkylation sites (tertiary alicyclic amines) is 1. The SMILES string of the molecule is CCOc1ccc(/C(O)=C2/C(=O)C(=O)N(Cc3cccnc3)C2c2cccc(C)c2)c(OCC)c1. The highest BCUT2D eigenvalue weighted by Gasteiger charge is 2.46. The van der Waals surface area contributed by atoms with Crippen LogP contribution in [0.5, 0.6) is 11.5 Å². The van der Waals surface area contributed by atoms with Crippen LogP contribution < -0.4 is 9.47 Å². The van der Waals surface area contributed by atoms with Crippen molar-refractivity contribution in [1.29, 1.82) is 0 Å². The Kier molecular flexibility index (Phi) is 7.15. The smallest absolute Gasteiger partial charge is 0.295 e. The molecule has 0 aliphatic carbocycles. The number of aryl methyl sites for hydroxylation is 1. The van der Waals surface area contributed by atoms with Gasteiger partial charge < -0.3 is 19.5 Å². The van der Waals surface area contributed by atoms with Gasteiger partial charge in [-0.05, 0) is 50.1 Å². The van der Waals surface area contributed by atoms with Crippen LogP contribution in [0.2, 0.25) is 0 Å². The number of aliphatic hydroxyl groups excluding tert-OH is 1. The highest BCUT2D eigenvalue weighted by atomic mass is 16.5. The molecule has 0 saturated carbocycles. The molecule has 1 fully saturated rings. The van der Waals surface area contributed by atoms with Crippen LogP contribution in [0, 0.1) is 6.92 Å². The van der Waals surface area contributed by atoms with Crippen molar-refractivity contribution in [3.8, 4) is 11.5 Å². The molecule has 7 heteroatoms. The normalized spacial score (nSPS) is 17.0. The minimum atomic E-state index is -0.767. The molecule has 1 amide bonds. The molecule has 1 N–H and O–H groups in total. The van der Waals surface area contributed by atoms with E-state index in [9.17, 15) is 14.7 Å². The van der Waals surface area contributed by atoms with E-state index < -0.39 is 17.7 Å². The van der Waals surface area contributed by atoms with Gasteiger partial charge in [0.25, 0.3) is 11.7 Å². The number of aromatic nitrogens is 1. The predicted octanol–water partition coefficient (Wildman–Crippen LogP) is 4.81. The molecule has 180 valence electrons. The van der Waals surface area contributed by atoms with Crippen LogP contribution in [-0.4, -0.2) is 39.9 Å². The quantitative estimate of drug-likeness (QED) is 0.288. The predicted molar refractivity (Wildman–Crippen MR) is 132 cm³/mol. The summed E-state index contributed by atoms with van der Waals surface area (Å²) in [6, 6.07) is 15.5. The van der Waals surface area contributed by atoms with Crippen LogP contribution in [0.1, 0.15) is 42.1 Å². The number of benzene rings is 2. The number of carbonyl (C=O) groups excluding carboxylic acids is 2. The molecule has 35 heavy (non-hydrogen) atoms. The monoisotopic (exact) mass is 472 g/mol. The maximum Gasteiger partial charge on any atom is 0.295 e. The van der Waals surface area contributed by atoms with E-state index in [2.05, 4.69) is 4.98 Å². The molecule has 0 spiro atoms. The Hall–Kier alpha value is -4.13. The molecule has 0 bridgehead atoms. The van der Waals surface area contributed by atoms with Gasteiger partial charge in [-0.1, -0.05) is 35.9 Å². The van der Waals surface area contributed by atoms with Crippen molar-refractivity contribution in [3.05, 3.63) is 94.8 Å². The first-order chi connectivity index (χ1) is 16.9. The third-order valence-corrected chi connectivity index (χ3v) is 5.79. The number of amides is 1. The van der Waals surface area contributed by atoms with Crippen LogP contribution in [0.4, 0.5) is 0 Å². The lowest BCUT2D eigenvalue weighted by molar-refractivity contribution is -0.140. The average Bonchev–Trinajstić information content (AvgIpc) is 3.10. The van der Waals surface area contributed by atoms with Crippen LogP contribution in [0.25, 0.3) is 5.76 Å². The third kappa shape index (κ3) is 4.89. The Morgan fingerprint density at radius 1 is 1.03 bits per heavy atom. The minimum Gasteiger partial charge on any atom is -0.507 e. The third-order valence-electron chi connectivity index (χ3n) is 5.79. The molecule has 3 aromatic rings. The molecule has 7 nitrogen and oxygen atoms in total. The molecule has 2 aromatic carbocycles. The van der Waals surface area contributed by atoms with Gasteiger partial charge >= 0.3 is 0 Å². The van der Waals surface area contributed by atoms with E-state index >= 15 is 0 Å². The summed E-state index contributed by atoms with van der Waals surface area (Å²) in [5.74, 6) is -0.743. The molecule has 1 aliphatic heterocycles. The number of nitrogens with zero attached hydrogens (tertiary/aromatic N) is 2. The molecule has 1 aliphatic rings. The van der Waals surface area contributed by atoms with Gasteiger partial charge in [0, 0.05) is 25.0 Å². The fraction of sp³-hybridized carbons (Fsp3) is 0.250. The molecule has 1 atom stereocenters. The van der Waals surface area contributed by atoms with Gasteiger partial charge in [0.2, 0.25) is 0 Å². The number of Topliss-reactive ketones (excluding diaryl/α,β-unsaturated/α-hetero) is 1. The van der Waals surface area contributed by atoms with E-state index in [1.54, 1.807) is 36.7 Å². The van der Waals surface area contributed by atoms with Crippen LogP contribution >= 0.6 is 0 Å². The summed E-state index contributed by atoms with van der Waals surface area (Å²) in [4.78, 5) is 32.2. The van der Waals surface area contributed by atoms with Gasteiger partial charge in [-0.25, -0.2) is 0 Å². The summed E-state index contributed by atoms with van der Waals surface area (Å²) in [5, 5.41) is 11.5. The van der Waals surface area contributed by atoms with Crippen molar-refractivity contribution >= 4 is 17.4 Å². The lowest BCUT2D eigenvalue weighted by Gasteiger charge is -2.26. The van der Waals surface area contributed by atoms with Gasteiger partial charge in [-0.3, -0.25) is 14.6 Å². The standard InChI is InChI=1S/C28H28N2O5/c1-4-34-21-11-12-22(23(15-21)35-5-2)26(31)24-25(20-10-6-8-18(3)14-20)30(28(33)27(24)32)17-19-9-7-13-29-16-19/h6-16,25,31H,4-5,17H2,1-3H3/b26-24-. The summed E-state index contributed by atoms with van der Waals surface area (Å²) in [6.45, 7) is 6.65. The summed E-state index contributed by atoms with van der Waals surface area (Å²) in [5.41, 5.74) is 2.84. The molecule has 2 heterocycles. The maximum atomic E-state index is 13.3.